The average Bonchev–Trinajstić information content (AvgIpc) is 2.54. The van der Waals surface area contributed by atoms with Crippen LogP contribution in [0.1, 0.15) is 24.1 Å². The van der Waals surface area contributed by atoms with Gasteiger partial charge in [0.1, 0.15) is 11.6 Å². The fourth-order valence-electron chi connectivity index (χ4n) is 3.00. The average molecular weight is 315 g/mol. The summed E-state index contributed by atoms with van der Waals surface area (Å²) in [6.45, 7) is 2.65. The zero-order chi connectivity index (χ0) is 16.4. The summed E-state index contributed by atoms with van der Waals surface area (Å²) in [5, 5.41) is 9.66. The van der Waals surface area contributed by atoms with E-state index in [1.165, 1.54) is 12.1 Å². The molecule has 0 amide bonds. The van der Waals surface area contributed by atoms with Gasteiger partial charge in [-0.1, -0.05) is 6.07 Å². The van der Waals surface area contributed by atoms with Crippen molar-refractivity contribution in [3.63, 3.8) is 0 Å². The number of aromatic hydroxyl groups is 1. The molecule has 1 aliphatic rings. The minimum atomic E-state index is -0.593. The number of esters is 1. The van der Waals surface area contributed by atoms with Crippen LogP contribution in [0.5, 0.6) is 5.75 Å². The number of carbonyl (C=O) groups excluding carboxylic acids is 1. The summed E-state index contributed by atoms with van der Waals surface area (Å²) in [6.07, 6.45) is 0.691. The molecule has 0 bridgehead atoms. The standard InChI is InChI=1S/C18H18FNO3/c1-2-23-18(22)17-16-8-7-15(21)11-12(16)9-10-20(17)14-5-3-13(19)4-6-14/h3-8,11,17,21H,2,9-10H2,1H3/t17-/m1/s1. The Hall–Kier alpha value is -2.56. The lowest BCUT2D eigenvalue weighted by Crippen LogP contribution is -2.40. The minimum Gasteiger partial charge on any atom is -0.508 e. The highest BCUT2D eigenvalue weighted by Gasteiger charge is 2.34. The van der Waals surface area contributed by atoms with Crippen molar-refractivity contribution < 1.29 is 19.0 Å². The van der Waals surface area contributed by atoms with Gasteiger partial charge in [0.25, 0.3) is 0 Å². The SMILES string of the molecule is CCOC(=O)[C@H]1c2ccc(O)cc2CCN1c1ccc(F)cc1. The first-order valence-electron chi connectivity index (χ1n) is 7.60. The van der Waals surface area contributed by atoms with Crippen LogP contribution in [-0.2, 0) is 16.0 Å². The summed E-state index contributed by atoms with van der Waals surface area (Å²) in [5.41, 5.74) is 2.52. The van der Waals surface area contributed by atoms with Crippen LogP contribution < -0.4 is 4.90 Å². The van der Waals surface area contributed by atoms with Gasteiger partial charge in [0.2, 0.25) is 0 Å². The number of anilines is 1. The number of nitrogens with zero attached hydrogens (tertiary/aromatic N) is 1. The topological polar surface area (TPSA) is 49.8 Å². The van der Waals surface area contributed by atoms with Crippen LogP contribution in [0, 0.1) is 5.82 Å². The van der Waals surface area contributed by atoms with Crippen molar-refractivity contribution in [1.29, 1.82) is 0 Å². The fourth-order valence-corrected chi connectivity index (χ4v) is 3.00. The van der Waals surface area contributed by atoms with Crippen LogP contribution in [-0.4, -0.2) is 24.2 Å². The molecular formula is C18H18FNO3. The third-order valence-electron chi connectivity index (χ3n) is 4.02. The van der Waals surface area contributed by atoms with E-state index in [1.54, 1.807) is 37.3 Å². The molecule has 1 aliphatic heterocycles. The lowest BCUT2D eigenvalue weighted by Gasteiger charge is -2.37. The van der Waals surface area contributed by atoms with Crippen LogP contribution in [0.3, 0.4) is 0 Å². The van der Waals surface area contributed by atoms with E-state index >= 15 is 0 Å². The van der Waals surface area contributed by atoms with Crippen molar-refractivity contribution in [2.75, 3.05) is 18.1 Å². The highest BCUT2D eigenvalue weighted by Crippen LogP contribution is 2.36. The summed E-state index contributed by atoms with van der Waals surface area (Å²) in [6, 6.07) is 10.5. The number of phenols is 1. The highest BCUT2D eigenvalue weighted by atomic mass is 19.1. The van der Waals surface area contributed by atoms with E-state index in [2.05, 4.69) is 0 Å². The van der Waals surface area contributed by atoms with Gasteiger partial charge < -0.3 is 14.7 Å². The molecular weight excluding hydrogens is 297 g/mol. The van der Waals surface area contributed by atoms with Crippen LogP contribution in [0.25, 0.3) is 0 Å². The monoisotopic (exact) mass is 315 g/mol. The Morgan fingerprint density at radius 3 is 2.74 bits per heavy atom. The molecule has 0 saturated carbocycles. The summed E-state index contributed by atoms with van der Waals surface area (Å²) in [4.78, 5) is 14.4. The Kier molecular flexibility index (Phi) is 4.19. The van der Waals surface area contributed by atoms with E-state index in [0.29, 0.717) is 19.6 Å². The number of carbonyl (C=O) groups is 1. The number of hydrogen-bond acceptors (Lipinski definition) is 4. The summed E-state index contributed by atoms with van der Waals surface area (Å²) in [5.74, 6) is -0.478. The molecule has 1 atom stereocenters. The maximum Gasteiger partial charge on any atom is 0.333 e. The van der Waals surface area contributed by atoms with Crippen molar-refractivity contribution in [2.24, 2.45) is 0 Å². The van der Waals surface area contributed by atoms with Crippen LogP contribution in [0.2, 0.25) is 0 Å². The van der Waals surface area contributed by atoms with Gasteiger partial charge in [0.05, 0.1) is 6.61 Å². The summed E-state index contributed by atoms with van der Waals surface area (Å²) < 4.78 is 18.4. The number of halogens is 1. The minimum absolute atomic E-state index is 0.182. The van der Waals surface area contributed by atoms with E-state index in [4.69, 9.17) is 4.74 Å². The Labute approximate surface area is 134 Å². The molecule has 23 heavy (non-hydrogen) atoms. The van der Waals surface area contributed by atoms with E-state index in [1.807, 2.05) is 4.90 Å². The van der Waals surface area contributed by atoms with Gasteiger partial charge in [-0.05, 0) is 60.9 Å². The molecule has 4 nitrogen and oxygen atoms in total. The van der Waals surface area contributed by atoms with E-state index in [9.17, 15) is 14.3 Å². The van der Waals surface area contributed by atoms with Gasteiger partial charge >= 0.3 is 5.97 Å². The Morgan fingerprint density at radius 1 is 1.30 bits per heavy atom. The Bertz CT molecular complexity index is 715. The molecule has 0 saturated heterocycles. The van der Waals surface area contributed by atoms with E-state index in [0.717, 1.165) is 16.8 Å². The second-order valence-electron chi connectivity index (χ2n) is 5.46. The fraction of sp³-hybridized carbons (Fsp3) is 0.278. The number of fused-ring (bicyclic) bond motifs is 1. The molecule has 120 valence electrons. The molecule has 0 spiro atoms. The van der Waals surface area contributed by atoms with Crippen LogP contribution in [0.15, 0.2) is 42.5 Å². The van der Waals surface area contributed by atoms with Crippen LogP contribution in [0.4, 0.5) is 10.1 Å². The van der Waals surface area contributed by atoms with Gasteiger partial charge in [-0.3, -0.25) is 0 Å². The second-order valence-corrected chi connectivity index (χ2v) is 5.46. The molecule has 2 aromatic carbocycles. The maximum atomic E-state index is 13.2. The molecule has 2 aromatic rings. The number of rotatable bonds is 3. The quantitative estimate of drug-likeness (QED) is 0.884. The lowest BCUT2D eigenvalue weighted by molar-refractivity contribution is -0.145. The van der Waals surface area contributed by atoms with Crippen molar-refractivity contribution in [3.05, 3.63) is 59.4 Å². The smallest absolute Gasteiger partial charge is 0.333 e. The number of ether oxygens (including phenoxy) is 1. The Balaban J connectivity index is 2.03. The maximum absolute atomic E-state index is 13.2. The van der Waals surface area contributed by atoms with Gasteiger partial charge in [-0.15, -0.1) is 0 Å². The number of phenolic OH excluding ortho intramolecular Hbond substituents is 1. The molecule has 1 heterocycles. The summed E-state index contributed by atoms with van der Waals surface area (Å²) in [7, 11) is 0. The predicted molar refractivity (Wildman–Crippen MR) is 84.9 cm³/mol. The molecule has 0 radical (unpaired) electrons. The normalized spacial score (nSPS) is 16.8. The third-order valence-corrected chi connectivity index (χ3v) is 4.02. The first kappa shape index (κ1) is 15.3. The first-order chi connectivity index (χ1) is 11.1. The summed E-state index contributed by atoms with van der Waals surface area (Å²) >= 11 is 0. The van der Waals surface area contributed by atoms with E-state index in [-0.39, 0.29) is 17.5 Å². The second kappa shape index (κ2) is 6.28. The van der Waals surface area contributed by atoms with Gasteiger partial charge in [0, 0.05) is 12.2 Å². The molecule has 5 heteroatoms. The van der Waals surface area contributed by atoms with Gasteiger partial charge in [-0.2, -0.15) is 0 Å². The number of hydrogen-bond donors (Lipinski definition) is 1. The zero-order valence-electron chi connectivity index (χ0n) is 12.8. The van der Waals surface area contributed by atoms with Gasteiger partial charge in [0.15, 0.2) is 6.04 Å². The predicted octanol–water partition coefficient (Wildman–Crippen LogP) is 3.20. The molecule has 0 fully saturated rings. The van der Waals surface area contributed by atoms with Crippen molar-refractivity contribution in [2.45, 2.75) is 19.4 Å². The van der Waals surface area contributed by atoms with Crippen LogP contribution >= 0.6 is 0 Å². The number of benzene rings is 2. The van der Waals surface area contributed by atoms with Crippen molar-refractivity contribution >= 4 is 11.7 Å². The Morgan fingerprint density at radius 2 is 2.04 bits per heavy atom. The molecule has 0 aromatic heterocycles. The molecule has 0 aliphatic carbocycles. The largest absolute Gasteiger partial charge is 0.508 e. The zero-order valence-corrected chi connectivity index (χ0v) is 12.8. The third kappa shape index (κ3) is 2.99. The van der Waals surface area contributed by atoms with Crippen molar-refractivity contribution in [1.82, 2.24) is 0 Å². The first-order valence-corrected chi connectivity index (χ1v) is 7.60. The molecule has 0 unspecified atom stereocenters. The van der Waals surface area contributed by atoms with Gasteiger partial charge in [-0.25, -0.2) is 9.18 Å². The molecule has 1 N–H and O–H groups in total. The van der Waals surface area contributed by atoms with E-state index < -0.39 is 6.04 Å². The van der Waals surface area contributed by atoms with Crippen molar-refractivity contribution in [3.8, 4) is 5.75 Å². The lowest BCUT2D eigenvalue weighted by atomic mass is 9.91. The molecule has 3 rings (SSSR count). The highest BCUT2D eigenvalue weighted by molar-refractivity contribution is 5.83.